The molecule has 7 heteroatoms. The zero-order valence-corrected chi connectivity index (χ0v) is 23.2. The van der Waals surface area contributed by atoms with Crippen molar-refractivity contribution in [1.82, 2.24) is 9.88 Å². The highest BCUT2D eigenvalue weighted by Gasteiger charge is 2.54. The monoisotopic (exact) mass is 538 g/mol. The predicted octanol–water partition coefficient (Wildman–Crippen LogP) is 3.50. The Balaban J connectivity index is 1.20. The third-order valence-electron chi connectivity index (χ3n) is 8.99. The second-order valence-corrected chi connectivity index (χ2v) is 11.7. The van der Waals surface area contributed by atoms with Gasteiger partial charge in [-0.1, -0.05) is 30.4 Å². The molecular formula is C33H38N4O3. The van der Waals surface area contributed by atoms with Crippen LogP contribution in [0.1, 0.15) is 42.1 Å². The van der Waals surface area contributed by atoms with Crippen molar-refractivity contribution in [2.45, 2.75) is 37.6 Å². The van der Waals surface area contributed by atoms with Gasteiger partial charge in [-0.3, -0.25) is 9.69 Å². The van der Waals surface area contributed by atoms with Crippen LogP contribution in [0.25, 0.3) is 12.2 Å². The van der Waals surface area contributed by atoms with Crippen LogP contribution >= 0.6 is 0 Å². The van der Waals surface area contributed by atoms with Gasteiger partial charge in [0.1, 0.15) is 12.4 Å². The van der Waals surface area contributed by atoms with Gasteiger partial charge >= 0.3 is 0 Å². The Bertz CT molecular complexity index is 1520. The Morgan fingerprint density at radius 1 is 1.12 bits per heavy atom. The fourth-order valence-corrected chi connectivity index (χ4v) is 6.65. The summed E-state index contributed by atoms with van der Waals surface area (Å²) in [5.41, 5.74) is 3.72. The van der Waals surface area contributed by atoms with Gasteiger partial charge in [-0.15, -0.1) is 0 Å². The number of nitrogens with one attached hydrogen (secondary N) is 2. The largest absolute Gasteiger partial charge is 0.492 e. The maximum atomic E-state index is 14.0. The molecule has 0 bridgehead atoms. The third-order valence-corrected chi connectivity index (χ3v) is 8.99. The minimum Gasteiger partial charge on any atom is -0.492 e. The van der Waals surface area contributed by atoms with E-state index in [0.717, 1.165) is 69.2 Å². The number of ether oxygens (including phenoxy) is 2. The van der Waals surface area contributed by atoms with Crippen LogP contribution in [-0.4, -0.2) is 67.8 Å². The summed E-state index contributed by atoms with van der Waals surface area (Å²) < 4.78 is 12.2. The molecule has 0 radical (unpaired) electrons. The van der Waals surface area contributed by atoms with E-state index < -0.39 is 0 Å². The van der Waals surface area contributed by atoms with E-state index in [0.29, 0.717) is 30.7 Å². The minimum absolute atomic E-state index is 0.0152. The molecule has 2 fully saturated rings. The molecule has 1 aromatic heterocycles. The van der Waals surface area contributed by atoms with E-state index in [1.807, 2.05) is 41.4 Å². The highest BCUT2D eigenvalue weighted by molar-refractivity contribution is 6.08. The van der Waals surface area contributed by atoms with Crippen LogP contribution < -0.4 is 25.5 Å². The van der Waals surface area contributed by atoms with E-state index in [1.165, 1.54) is 16.1 Å². The lowest BCUT2D eigenvalue weighted by Gasteiger charge is -2.25. The first-order valence-electron chi connectivity index (χ1n) is 14.7. The number of aromatic nitrogens is 1. The molecule has 1 saturated carbocycles. The molecule has 40 heavy (non-hydrogen) atoms. The van der Waals surface area contributed by atoms with E-state index in [2.05, 4.69) is 52.5 Å². The molecule has 4 aliphatic rings. The smallest absolute Gasteiger partial charge is 0.258 e. The first-order valence-corrected chi connectivity index (χ1v) is 14.7. The Morgan fingerprint density at radius 3 is 3.00 bits per heavy atom. The Morgan fingerprint density at radius 2 is 2.05 bits per heavy atom. The van der Waals surface area contributed by atoms with E-state index in [4.69, 9.17) is 9.47 Å². The molecular weight excluding hydrogens is 500 g/mol. The van der Waals surface area contributed by atoms with Gasteiger partial charge < -0.3 is 24.7 Å². The van der Waals surface area contributed by atoms with Gasteiger partial charge in [0.15, 0.2) is 0 Å². The molecule has 7 rings (SSSR count). The van der Waals surface area contributed by atoms with Crippen LogP contribution in [0.4, 0.5) is 11.4 Å². The summed E-state index contributed by atoms with van der Waals surface area (Å²) in [6, 6.07) is 16.7. The number of anilines is 2. The van der Waals surface area contributed by atoms with E-state index in [9.17, 15) is 4.79 Å². The SMILES string of the molecule is C[C@H]1CCN(C(=O)c2ccc(C34C=c5cc[nH]c5=CC3C4)c(OCCN3CCCOCC3)c2)c2ccccc2N1. The van der Waals surface area contributed by atoms with Gasteiger partial charge in [0.2, 0.25) is 0 Å². The van der Waals surface area contributed by atoms with Crippen molar-refractivity contribution in [2.75, 3.05) is 56.2 Å². The summed E-state index contributed by atoms with van der Waals surface area (Å²) >= 11 is 0. The van der Waals surface area contributed by atoms with Crippen LogP contribution in [0.2, 0.25) is 0 Å². The van der Waals surface area contributed by atoms with Gasteiger partial charge in [0, 0.05) is 66.9 Å². The number of fused-ring (bicyclic) bond motifs is 3. The number of carbonyl (C=O) groups is 1. The Hall–Kier alpha value is -3.55. The van der Waals surface area contributed by atoms with Crippen LogP contribution in [0.15, 0.2) is 54.7 Å². The fraction of sp³-hybridized carbons (Fsp3) is 0.424. The third kappa shape index (κ3) is 4.71. The molecule has 1 saturated heterocycles. The number of rotatable bonds is 6. The molecule has 7 nitrogen and oxygen atoms in total. The Kier molecular flexibility index (Phi) is 6.64. The van der Waals surface area contributed by atoms with Crippen LogP contribution in [0.5, 0.6) is 5.75 Å². The van der Waals surface area contributed by atoms with Crippen molar-refractivity contribution >= 4 is 29.4 Å². The van der Waals surface area contributed by atoms with Gasteiger partial charge in [0.05, 0.1) is 18.0 Å². The average Bonchev–Trinajstić information content (AvgIpc) is 3.64. The lowest BCUT2D eigenvalue weighted by molar-refractivity contribution is 0.0986. The molecule has 3 aromatic rings. The fourth-order valence-electron chi connectivity index (χ4n) is 6.65. The highest BCUT2D eigenvalue weighted by atomic mass is 16.5. The summed E-state index contributed by atoms with van der Waals surface area (Å²) in [7, 11) is 0. The zero-order valence-electron chi connectivity index (χ0n) is 23.2. The quantitative estimate of drug-likeness (QED) is 0.503. The minimum atomic E-state index is -0.0723. The molecule has 2 unspecified atom stereocenters. The molecule has 0 spiro atoms. The van der Waals surface area contributed by atoms with Crippen LogP contribution in [0, 0.1) is 5.92 Å². The highest BCUT2D eigenvalue weighted by Crippen LogP contribution is 2.59. The van der Waals surface area contributed by atoms with Gasteiger partial charge in [-0.05, 0) is 67.7 Å². The molecule has 3 atom stereocenters. The van der Waals surface area contributed by atoms with Crippen LogP contribution in [0.3, 0.4) is 0 Å². The van der Waals surface area contributed by atoms with Gasteiger partial charge in [-0.2, -0.15) is 0 Å². The second kappa shape index (κ2) is 10.5. The summed E-state index contributed by atoms with van der Waals surface area (Å²) in [5.74, 6) is 1.29. The van der Waals surface area contributed by atoms with Crippen molar-refractivity contribution in [3.05, 3.63) is 76.4 Å². The lowest BCUT2D eigenvalue weighted by Crippen LogP contribution is -2.33. The average molecular weight is 539 g/mol. The first kappa shape index (κ1) is 25.4. The number of amides is 1. The molecule has 2 N–H and O–H groups in total. The van der Waals surface area contributed by atoms with Crippen molar-refractivity contribution in [3.63, 3.8) is 0 Å². The maximum Gasteiger partial charge on any atom is 0.258 e. The molecule has 2 aliphatic carbocycles. The van der Waals surface area contributed by atoms with Crippen LogP contribution in [-0.2, 0) is 10.2 Å². The Labute approximate surface area is 235 Å². The summed E-state index contributed by atoms with van der Waals surface area (Å²) in [6.45, 7) is 7.83. The maximum absolute atomic E-state index is 14.0. The van der Waals surface area contributed by atoms with E-state index in [1.54, 1.807) is 0 Å². The number of benzene rings is 2. The number of hydrogen-bond donors (Lipinski definition) is 2. The number of H-pyrrole nitrogens is 1. The predicted molar refractivity (Wildman–Crippen MR) is 158 cm³/mol. The summed E-state index contributed by atoms with van der Waals surface area (Å²) in [6.07, 6.45) is 9.76. The number of para-hydroxylation sites is 2. The van der Waals surface area contributed by atoms with Crippen molar-refractivity contribution in [2.24, 2.45) is 5.92 Å². The molecule has 2 aromatic carbocycles. The number of carbonyl (C=O) groups excluding carboxylic acids is 1. The molecule has 1 amide bonds. The number of hydrogen-bond acceptors (Lipinski definition) is 5. The van der Waals surface area contributed by atoms with Crippen molar-refractivity contribution < 1.29 is 14.3 Å². The second-order valence-electron chi connectivity index (χ2n) is 11.7. The van der Waals surface area contributed by atoms with E-state index in [-0.39, 0.29) is 11.3 Å². The summed E-state index contributed by atoms with van der Waals surface area (Å²) in [5, 5.41) is 6.01. The normalized spacial score (nSPS) is 25.6. The van der Waals surface area contributed by atoms with Crippen molar-refractivity contribution in [3.8, 4) is 5.75 Å². The number of aromatic amines is 1. The molecule has 2 aliphatic heterocycles. The molecule has 208 valence electrons. The number of nitrogens with zero attached hydrogens (tertiary/aromatic N) is 2. The zero-order chi connectivity index (χ0) is 27.1. The first-order chi connectivity index (χ1) is 19.6. The standard InChI is InChI=1S/C33H38N4O3/c1-23-10-13-37(30-6-3-2-5-28(30)35-23)32(38)24-7-8-27(33-21-25-9-11-34-29(25)20-26(33)22-33)31(19-24)40-18-15-36-12-4-16-39-17-14-36/h2-3,5-9,11,19-21,23,26,34-35H,4,10,12-18,22H2,1H3/t23-,26?,33?/m0/s1. The van der Waals surface area contributed by atoms with Gasteiger partial charge in [0.25, 0.3) is 5.91 Å². The molecule has 3 heterocycles. The summed E-state index contributed by atoms with van der Waals surface area (Å²) in [4.78, 5) is 21.7. The van der Waals surface area contributed by atoms with Crippen molar-refractivity contribution in [1.29, 1.82) is 0 Å². The van der Waals surface area contributed by atoms with E-state index >= 15 is 0 Å². The topological polar surface area (TPSA) is 69.8 Å². The van der Waals surface area contributed by atoms with Gasteiger partial charge in [-0.25, -0.2) is 0 Å². The lowest BCUT2D eigenvalue weighted by atomic mass is 9.88.